The van der Waals surface area contributed by atoms with Crippen LogP contribution in [-0.4, -0.2) is 9.55 Å². The van der Waals surface area contributed by atoms with Gasteiger partial charge >= 0.3 is 0 Å². The first-order chi connectivity index (χ1) is 12.1. The van der Waals surface area contributed by atoms with Crippen molar-refractivity contribution in [3.05, 3.63) is 87.5 Å². The Bertz CT molecular complexity index is 1100. The first-order valence-corrected chi connectivity index (χ1v) is 8.73. The lowest BCUT2D eigenvalue weighted by molar-refractivity contribution is 0.628. The number of nitrogens with zero attached hydrogens (tertiary/aromatic N) is 2. The van der Waals surface area contributed by atoms with Crippen molar-refractivity contribution >= 4 is 21.6 Å². The highest BCUT2D eigenvalue weighted by atomic mass is 32.1. The lowest BCUT2D eigenvalue weighted by Crippen LogP contribution is -2.21. The number of benzene rings is 2. The van der Waals surface area contributed by atoms with E-state index < -0.39 is 0 Å². The van der Waals surface area contributed by atoms with Crippen molar-refractivity contribution in [3.63, 3.8) is 0 Å². The Morgan fingerprint density at radius 1 is 1.08 bits per heavy atom. The molecule has 124 valence electrons. The topological polar surface area (TPSA) is 34.9 Å². The molecular weight excluding hydrogens is 335 g/mol. The molecule has 2 heterocycles. The second-order valence-electron chi connectivity index (χ2n) is 5.88. The molecule has 0 aliphatic heterocycles. The summed E-state index contributed by atoms with van der Waals surface area (Å²) in [6.07, 6.45) is 1.60. The molecule has 4 aromatic rings. The van der Waals surface area contributed by atoms with Crippen LogP contribution in [-0.2, 0) is 6.54 Å². The van der Waals surface area contributed by atoms with Gasteiger partial charge in [-0.2, -0.15) is 0 Å². The predicted molar refractivity (Wildman–Crippen MR) is 99.6 cm³/mol. The van der Waals surface area contributed by atoms with Crippen molar-refractivity contribution in [2.75, 3.05) is 0 Å². The van der Waals surface area contributed by atoms with Crippen LogP contribution in [0.25, 0.3) is 21.3 Å². The number of hydrogen-bond acceptors (Lipinski definition) is 3. The number of hydrogen-bond donors (Lipinski definition) is 0. The molecule has 5 heteroatoms. The maximum atomic E-state index is 13.3. The molecule has 0 fully saturated rings. The highest BCUT2D eigenvalue weighted by Crippen LogP contribution is 2.35. The third kappa shape index (κ3) is 2.87. The van der Waals surface area contributed by atoms with Crippen LogP contribution >= 0.6 is 11.3 Å². The number of halogens is 1. The number of rotatable bonds is 3. The molecule has 0 saturated carbocycles. The fourth-order valence-electron chi connectivity index (χ4n) is 2.99. The number of fused-ring (bicyclic) bond motifs is 1. The molecule has 3 nitrogen and oxygen atoms in total. The van der Waals surface area contributed by atoms with E-state index in [2.05, 4.69) is 4.98 Å². The van der Waals surface area contributed by atoms with Crippen LogP contribution in [0.3, 0.4) is 0 Å². The van der Waals surface area contributed by atoms with Crippen molar-refractivity contribution in [2.24, 2.45) is 0 Å². The van der Waals surface area contributed by atoms with Gasteiger partial charge < -0.3 is 0 Å². The average Bonchev–Trinajstić information content (AvgIpc) is 2.96. The van der Waals surface area contributed by atoms with Gasteiger partial charge in [0.15, 0.2) is 0 Å². The third-order valence-corrected chi connectivity index (χ3v) is 5.20. The second-order valence-corrected chi connectivity index (χ2v) is 7.09. The van der Waals surface area contributed by atoms with Crippen molar-refractivity contribution in [3.8, 4) is 11.1 Å². The van der Waals surface area contributed by atoms with Crippen molar-refractivity contribution < 1.29 is 4.39 Å². The van der Waals surface area contributed by atoms with E-state index in [1.54, 1.807) is 23.0 Å². The number of aryl methyl sites for hydroxylation is 1. The molecule has 0 atom stereocenters. The van der Waals surface area contributed by atoms with E-state index >= 15 is 0 Å². The summed E-state index contributed by atoms with van der Waals surface area (Å²) in [4.78, 5) is 19.3. The van der Waals surface area contributed by atoms with Gasteiger partial charge in [0.05, 0.1) is 18.3 Å². The van der Waals surface area contributed by atoms with E-state index in [0.717, 1.165) is 21.6 Å². The highest BCUT2D eigenvalue weighted by Gasteiger charge is 2.17. The summed E-state index contributed by atoms with van der Waals surface area (Å²) in [5.41, 5.74) is 2.65. The molecule has 0 saturated heterocycles. The standard InChI is InChI=1S/C20H15FN2OS/c1-13-17(15-7-9-16(21)10-8-15)18-19(25-13)22-12-23(20(18)24)11-14-5-3-2-4-6-14/h2-10,12H,11H2,1H3. The zero-order valence-corrected chi connectivity index (χ0v) is 14.4. The minimum atomic E-state index is -0.291. The molecule has 0 bridgehead atoms. The van der Waals surface area contributed by atoms with Crippen molar-refractivity contribution in [2.45, 2.75) is 13.5 Å². The van der Waals surface area contributed by atoms with Crippen LogP contribution in [0.1, 0.15) is 10.4 Å². The summed E-state index contributed by atoms with van der Waals surface area (Å²) >= 11 is 1.49. The smallest absolute Gasteiger partial charge is 0.263 e. The first-order valence-electron chi connectivity index (χ1n) is 7.92. The molecule has 0 amide bonds. The molecule has 0 N–H and O–H groups in total. The lowest BCUT2D eigenvalue weighted by Gasteiger charge is -2.07. The molecule has 0 unspecified atom stereocenters. The molecular formula is C20H15FN2OS. The fourth-order valence-corrected chi connectivity index (χ4v) is 4.00. The molecule has 0 radical (unpaired) electrons. The normalized spacial score (nSPS) is 11.1. The molecule has 0 aliphatic rings. The summed E-state index contributed by atoms with van der Waals surface area (Å²) in [5, 5.41) is 0.604. The molecule has 25 heavy (non-hydrogen) atoms. The van der Waals surface area contributed by atoms with Crippen LogP contribution in [0.5, 0.6) is 0 Å². The van der Waals surface area contributed by atoms with Crippen molar-refractivity contribution in [1.29, 1.82) is 0 Å². The monoisotopic (exact) mass is 350 g/mol. The van der Waals surface area contributed by atoms with Crippen molar-refractivity contribution in [1.82, 2.24) is 9.55 Å². The van der Waals surface area contributed by atoms with E-state index in [0.29, 0.717) is 16.8 Å². The molecule has 0 spiro atoms. The van der Waals surface area contributed by atoms with Gasteiger partial charge in [-0.1, -0.05) is 42.5 Å². The predicted octanol–water partition coefficient (Wildman–Crippen LogP) is 4.62. The zero-order chi connectivity index (χ0) is 17.4. The van der Waals surface area contributed by atoms with Gasteiger partial charge in [-0.3, -0.25) is 9.36 Å². The minimum Gasteiger partial charge on any atom is -0.294 e. The summed E-state index contributed by atoms with van der Waals surface area (Å²) in [6.45, 7) is 2.44. The fraction of sp³-hybridized carbons (Fsp3) is 0.100. The third-order valence-electron chi connectivity index (χ3n) is 4.18. The second kappa shape index (κ2) is 6.26. The van der Waals surface area contributed by atoms with E-state index in [4.69, 9.17) is 0 Å². The van der Waals surface area contributed by atoms with Gasteiger partial charge in [0.1, 0.15) is 10.6 Å². The van der Waals surface area contributed by atoms with Gasteiger partial charge in [-0.05, 0) is 30.2 Å². The van der Waals surface area contributed by atoms with E-state index in [1.807, 2.05) is 37.3 Å². The first kappa shape index (κ1) is 15.7. The maximum absolute atomic E-state index is 13.3. The largest absolute Gasteiger partial charge is 0.294 e. The number of aromatic nitrogens is 2. The van der Waals surface area contributed by atoms with E-state index in [9.17, 15) is 9.18 Å². The van der Waals surface area contributed by atoms with Gasteiger partial charge in [0.2, 0.25) is 0 Å². The zero-order valence-electron chi connectivity index (χ0n) is 13.6. The molecule has 0 aliphatic carbocycles. The van der Waals surface area contributed by atoms with Crippen LogP contribution in [0.15, 0.2) is 65.7 Å². The Labute approximate surface area is 148 Å². The van der Waals surface area contributed by atoms with E-state index in [1.165, 1.54) is 23.5 Å². The Hall–Kier alpha value is -2.79. The van der Waals surface area contributed by atoms with Gasteiger partial charge in [-0.25, -0.2) is 9.37 Å². The minimum absolute atomic E-state index is 0.0717. The Kier molecular flexibility index (Phi) is 3.93. The van der Waals surface area contributed by atoms with E-state index in [-0.39, 0.29) is 11.4 Å². The SMILES string of the molecule is Cc1sc2ncn(Cc3ccccc3)c(=O)c2c1-c1ccc(F)cc1. The van der Waals surface area contributed by atoms with Crippen LogP contribution in [0, 0.1) is 12.7 Å². The summed E-state index contributed by atoms with van der Waals surface area (Å²) in [6, 6.07) is 16.1. The van der Waals surface area contributed by atoms with Crippen LogP contribution in [0.2, 0.25) is 0 Å². The number of thiophene rings is 1. The molecule has 4 rings (SSSR count). The van der Waals surface area contributed by atoms with Crippen LogP contribution < -0.4 is 5.56 Å². The Balaban J connectivity index is 1.89. The highest BCUT2D eigenvalue weighted by molar-refractivity contribution is 7.19. The lowest BCUT2D eigenvalue weighted by atomic mass is 10.0. The molecule has 2 aromatic heterocycles. The summed E-state index contributed by atoms with van der Waals surface area (Å²) in [5.74, 6) is -0.291. The van der Waals surface area contributed by atoms with Gasteiger partial charge in [-0.15, -0.1) is 11.3 Å². The van der Waals surface area contributed by atoms with Crippen LogP contribution in [0.4, 0.5) is 4.39 Å². The maximum Gasteiger partial charge on any atom is 0.263 e. The average molecular weight is 350 g/mol. The summed E-state index contributed by atoms with van der Waals surface area (Å²) < 4.78 is 14.9. The van der Waals surface area contributed by atoms with Gasteiger partial charge in [0.25, 0.3) is 5.56 Å². The Morgan fingerprint density at radius 2 is 1.80 bits per heavy atom. The summed E-state index contributed by atoms with van der Waals surface area (Å²) in [7, 11) is 0. The quantitative estimate of drug-likeness (QED) is 0.540. The van der Waals surface area contributed by atoms with Gasteiger partial charge in [0, 0.05) is 10.4 Å². The molecule has 2 aromatic carbocycles. The Morgan fingerprint density at radius 3 is 2.52 bits per heavy atom.